The monoisotopic (exact) mass is 665 g/mol. The molecular formula is C32H32FN5O8S. The first-order valence-electron chi connectivity index (χ1n) is 14.5. The third-order valence-corrected chi connectivity index (χ3v) is 8.86. The van der Waals surface area contributed by atoms with Crippen LogP contribution in [0, 0.1) is 12.7 Å². The maximum Gasteiger partial charge on any atom is 0.333 e. The Morgan fingerprint density at radius 3 is 2.45 bits per heavy atom. The highest BCUT2D eigenvalue weighted by Crippen LogP contribution is 2.34. The van der Waals surface area contributed by atoms with Crippen LogP contribution in [0.3, 0.4) is 0 Å². The van der Waals surface area contributed by atoms with Crippen molar-refractivity contribution >= 4 is 33.5 Å². The maximum atomic E-state index is 14.6. The van der Waals surface area contributed by atoms with E-state index in [2.05, 4.69) is 10.2 Å². The van der Waals surface area contributed by atoms with Gasteiger partial charge in [-0.25, -0.2) is 18.5 Å². The number of esters is 1. The molecule has 0 spiro atoms. The first-order chi connectivity index (χ1) is 22.4. The van der Waals surface area contributed by atoms with Crippen molar-refractivity contribution < 1.29 is 33.3 Å². The van der Waals surface area contributed by atoms with Gasteiger partial charge in [0.1, 0.15) is 39.6 Å². The maximum absolute atomic E-state index is 14.6. The second-order valence-corrected chi connectivity index (χ2v) is 12.1. The third-order valence-electron chi connectivity index (χ3n) is 7.58. The van der Waals surface area contributed by atoms with Crippen LogP contribution in [-0.4, -0.2) is 54.9 Å². The molecule has 0 aliphatic carbocycles. The van der Waals surface area contributed by atoms with E-state index < -0.39 is 40.6 Å². The number of ether oxygens (including phenoxy) is 3. The molecule has 0 unspecified atom stereocenters. The molecular weight excluding hydrogens is 633 g/mol. The minimum absolute atomic E-state index is 0.0836. The molecule has 0 saturated carbocycles. The Morgan fingerprint density at radius 2 is 1.79 bits per heavy atom. The Hall–Kier alpha value is -5.15. The average molecular weight is 666 g/mol. The lowest BCUT2D eigenvalue weighted by Crippen LogP contribution is -2.53. The number of methoxy groups -OCH3 is 1. The molecule has 3 heterocycles. The van der Waals surface area contributed by atoms with Gasteiger partial charge in [-0.05, 0) is 44.5 Å². The van der Waals surface area contributed by atoms with Crippen molar-refractivity contribution in [3.05, 3.63) is 104 Å². The van der Waals surface area contributed by atoms with Crippen LogP contribution in [0.1, 0.15) is 43.1 Å². The summed E-state index contributed by atoms with van der Waals surface area (Å²) in [5.41, 5.74) is -2.01. The minimum Gasteiger partial charge on any atom is -0.496 e. The Balaban J connectivity index is 1.70. The molecule has 5 aromatic rings. The highest BCUT2D eigenvalue weighted by atomic mass is 32.1. The van der Waals surface area contributed by atoms with Crippen LogP contribution in [0.4, 0.5) is 4.39 Å². The van der Waals surface area contributed by atoms with E-state index in [-0.39, 0.29) is 47.7 Å². The summed E-state index contributed by atoms with van der Waals surface area (Å²) in [6.45, 7) is 3.83. The van der Waals surface area contributed by atoms with Crippen molar-refractivity contribution in [1.82, 2.24) is 24.1 Å². The summed E-state index contributed by atoms with van der Waals surface area (Å²) in [4.78, 5) is 55.0. The number of thiophene rings is 1. The number of carbonyl (C=O) groups is 2. The fourth-order valence-corrected chi connectivity index (χ4v) is 6.36. The van der Waals surface area contributed by atoms with Crippen molar-refractivity contribution in [2.75, 3.05) is 13.7 Å². The number of carboxylic acids is 1. The number of nitrogens with zero attached hydrogens (tertiary/aromatic N) is 5. The lowest BCUT2D eigenvalue weighted by atomic mass is 10.0. The number of halogens is 1. The Labute approximate surface area is 271 Å². The quantitative estimate of drug-likeness (QED) is 0.183. The molecule has 5 rings (SSSR count). The van der Waals surface area contributed by atoms with E-state index in [0.717, 1.165) is 15.9 Å². The van der Waals surface area contributed by atoms with Gasteiger partial charge in [-0.3, -0.25) is 14.2 Å². The van der Waals surface area contributed by atoms with E-state index in [4.69, 9.17) is 14.2 Å². The smallest absolute Gasteiger partial charge is 0.333 e. The first kappa shape index (κ1) is 33.2. The van der Waals surface area contributed by atoms with Gasteiger partial charge in [-0.2, -0.15) is 10.2 Å². The zero-order valence-electron chi connectivity index (χ0n) is 26.0. The van der Waals surface area contributed by atoms with Crippen LogP contribution in [0.2, 0.25) is 0 Å². The number of hydrogen-bond acceptors (Lipinski definition) is 10. The molecule has 0 bridgehead atoms. The van der Waals surface area contributed by atoms with Crippen LogP contribution in [0.15, 0.2) is 70.5 Å². The van der Waals surface area contributed by atoms with Gasteiger partial charge in [0.15, 0.2) is 0 Å². The van der Waals surface area contributed by atoms with Gasteiger partial charge in [0.25, 0.3) is 5.56 Å². The van der Waals surface area contributed by atoms with Crippen molar-refractivity contribution in [2.24, 2.45) is 0 Å². The van der Waals surface area contributed by atoms with Gasteiger partial charge < -0.3 is 19.3 Å². The summed E-state index contributed by atoms with van der Waals surface area (Å²) in [5.74, 6) is -2.33. The molecule has 0 saturated heterocycles. The van der Waals surface area contributed by atoms with Gasteiger partial charge in [-0.1, -0.05) is 41.7 Å². The van der Waals surface area contributed by atoms with E-state index in [9.17, 15) is 28.7 Å². The number of aliphatic carboxylic acids is 1. The lowest BCUT2D eigenvalue weighted by Gasteiger charge is -2.27. The van der Waals surface area contributed by atoms with E-state index >= 15 is 0 Å². The molecule has 0 amide bonds. The standard InChI is InChI=1S/C32H32FN5O8S/c1-19-26-27(41)37(32(2,3)30(42)46-18-20-8-6-5-7-9-20)31(43)36(29(26)47-28(19)38-34-13-14-35-38)17-24(45-15-12-25(39)40)22-16-21(33)10-11-23(22)44-4/h5-11,13-14,16,24H,12,15,17-18H2,1-4H3,(H,39,40)/t24-/m0/s1. The molecule has 1 N–H and O–H groups in total. The van der Waals surface area contributed by atoms with Crippen LogP contribution in [0.25, 0.3) is 15.2 Å². The summed E-state index contributed by atoms with van der Waals surface area (Å²) in [6.07, 6.45) is 1.44. The number of fused-ring (bicyclic) bond motifs is 1. The van der Waals surface area contributed by atoms with E-state index in [1.54, 1.807) is 31.2 Å². The summed E-state index contributed by atoms with van der Waals surface area (Å²) >= 11 is 1.07. The third kappa shape index (κ3) is 6.71. The van der Waals surface area contributed by atoms with Crippen molar-refractivity contribution in [3.63, 3.8) is 0 Å². The normalized spacial score (nSPS) is 12.3. The predicted molar refractivity (Wildman–Crippen MR) is 169 cm³/mol. The molecule has 1 atom stereocenters. The fraction of sp³-hybridized carbons (Fsp3) is 0.312. The van der Waals surface area contributed by atoms with Gasteiger partial charge >= 0.3 is 17.6 Å². The number of rotatable bonds is 13. The number of carbonyl (C=O) groups excluding carboxylic acids is 1. The average Bonchev–Trinajstić information content (AvgIpc) is 3.69. The second kappa shape index (κ2) is 13.7. The summed E-state index contributed by atoms with van der Waals surface area (Å²) < 4.78 is 33.6. The number of benzene rings is 2. The van der Waals surface area contributed by atoms with Gasteiger partial charge in [0.05, 0.1) is 44.5 Å². The molecule has 0 aliphatic heterocycles. The molecule has 0 radical (unpaired) electrons. The van der Waals surface area contributed by atoms with Gasteiger partial charge in [0, 0.05) is 11.1 Å². The van der Waals surface area contributed by atoms with Crippen LogP contribution < -0.4 is 16.0 Å². The largest absolute Gasteiger partial charge is 0.496 e. The molecule has 2 aromatic carbocycles. The number of aryl methyl sites for hydroxylation is 1. The molecule has 15 heteroatoms. The molecule has 3 aromatic heterocycles. The molecule has 246 valence electrons. The number of hydrogen-bond donors (Lipinski definition) is 1. The van der Waals surface area contributed by atoms with Crippen LogP contribution >= 0.6 is 11.3 Å². The summed E-state index contributed by atoms with van der Waals surface area (Å²) in [6, 6.07) is 12.7. The van der Waals surface area contributed by atoms with E-state index in [1.165, 1.54) is 60.9 Å². The van der Waals surface area contributed by atoms with Crippen molar-refractivity contribution in [3.8, 4) is 10.8 Å². The highest BCUT2D eigenvalue weighted by molar-refractivity contribution is 7.21. The lowest BCUT2D eigenvalue weighted by molar-refractivity contribution is -0.154. The highest BCUT2D eigenvalue weighted by Gasteiger charge is 2.37. The molecule has 47 heavy (non-hydrogen) atoms. The fourth-order valence-electron chi connectivity index (χ4n) is 5.14. The van der Waals surface area contributed by atoms with Crippen LogP contribution in [0.5, 0.6) is 5.75 Å². The van der Waals surface area contributed by atoms with Crippen molar-refractivity contribution in [2.45, 2.75) is 52.0 Å². The van der Waals surface area contributed by atoms with Gasteiger partial charge in [-0.15, -0.1) is 4.80 Å². The Morgan fingerprint density at radius 1 is 1.09 bits per heavy atom. The summed E-state index contributed by atoms with van der Waals surface area (Å²) in [5, 5.41) is 18.2. The van der Waals surface area contributed by atoms with Crippen molar-refractivity contribution in [1.29, 1.82) is 0 Å². The zero-order chi connectivity index (χ0) is 33.9. The predicted octanol–water partition coefficient (Wildman–Crippen LogP) is 3.97. The van der Waals surface area contributed by atoms with E-state index in [0.29, 0.717) is 16.1 Å². The number of carboxylic acid groups (broad SMARTS) is 1. The topological polar surface area (TPSA) is 157 Å². The Bertz CT molecular complexity index is 2040. The molecule has 0 aliphatic rings. The van der Waals surface area contributed by atoms with E-state index in [1.807, 2.05) is 6.07 Å². The summed E-state index contributed by atoms with van der Waals surface area (Å²) in [7, 11) is 1.38. The minimum atomic E-state index is -1.78. The molecule has 0 fully saturated rings. The second-order valence-electron chi connectivity index (χ2n) is 11.1. The zero-order valence-corrected chi connectivity index (χ0v) is 26.8. The van der Waals surface area contributed by atoms with Gasteiger partial charge in [0.2, 0.25) is 0 Å². The SMILES string of the molecule is COc1ccc(F)cc1[C@H](Cn1c(=O)n(C(C)(C)C(=O)OCc2ccccc2)c(=O)c2c(C)c(-n3nccn3)sc21)OCCC(=O)O. The number of aromatic nitrogens is 5. The Kier molecular flexibility index (Phi) is 9.67. The van der Waals surface area contributed by atoms with Crippen LogP contribution in [-0.2, 0) is 37.8 Å². The first-order valence-corrected chi connectivity index (χ1v) is 15.3. The molecule has 13 nitrogen and oxygen atoms in total.